The SMILES string of the molecule is CCOC(=O)CNC(=O)N(CC1CC1)C(C)C. The van der Waals surface area contributed by atoms with Gasteiger partial charge in [-0.05, 0) is 39.5 Å². The summed E-state index contributed by atoms with van der Waals surface area (Å²) in [7, 11) is 0. The molecule has 0 bridgehead atoms. The average molecular weight is 242 g/mol. The Labute approximate surface area is 102 Å². The number of ether oxygens (including phenoxy) is 1. The van der Waals surface area contributed by atoms with Crippen molar-refractivity contribution in [3.05, 3.63) is 0 Å². The summed E-state index contributed by atoms with van der Waals surface area (Å²) in [5.74, 6) is 0.252. The number of hydrogen-bond donors (Lipinski definition) is 1. The molecule has 5 heteroatoms. The molecule has 0 aliphatic heterocycles. The van der Waals surface area contributed by atoms with Crippen molar-refractivity contribution >= 4 is 12.0 Å². The number of hydrogen-bond acceptors (Lipinski definition) is 3. The van der Waals surface area contributed by atoms with E-state index in [0.29, 0.717) is 12.5 Å². The van der Waals surface area contributed by atoms with E-state index in [0.717, 1.165) is 6.54 Å². The lowest BCUT2D eigenvalue weighted by Gasteiger charge is -2.26. The average Bonchev–Trinajstić information content (AvgIpc) is 3.06. The summed E-state index contributed by atoms with van der Waals surface area (Å²) in [4.78, 5) is 24.8. The van der Waals surface area contributed by atoms with Crippen molar-refractivity contribution in [1.29, 1.82) is 0 Å². The molecule has 1 rings (SSSR count). The maximum Gasteiger partial charge on any atom is 0.325 e. The number of esters is 1. The fourth-order valence-electron chi connectivity index (χ4n) is 1.57. The zero-order valence-corrected chi connectivity index (χ0v) is 10.9. The molecule has 1 aliphatic rings. The van der Waals surface area contributed by atoms with Crippen molar-refractivity contribution < 1.29 is 14.3 Å². The van der Waals surface area contributed by atoms with Crippen LogP contribution in [0.15, 0.2) is 0 Å². The minimum absolute atomic E-state index is 0.0550. The minimum atomic E-state index is -0.393. The van der Waals surface area contributed by atoms with Crippen LogP contribution >= 0.6 is 0 Å². The van der Waals surface area contributed by atoms with Gasteiger partial charge in [-0.1, -0.05) is 0 Å². The summed E-state index contributed by atoms with van der Waals surface area (Å²) in [6, 6.07) is -0.0299. The highest BCUT2D eigenvalue weighted by Gasteiger charge is 2.28. The molecular formula is C12H22N2O3. The predicted molar refractivity (Wildman–Crippen MR) is 64.6 cm³/mol. The first-order valence-corrected chi connectivity index (χ1v) is 6.24. The molecule has 5 nitrogen and oxygen atoms in total. The van der Waals surface area contributed by atoms with Crippen molar-refractivity contribution in [2.75, 3.05) is 19.7 Å². The van der Waals surface area contributed by atoms with Crippen LogP contribution in [0, 0.1) is 5.92 Å². The molecule has 0 aromatic heterocycles. The second-order valence-corrected chi connectivity index (χ2v) is 4.65. The maximum absolute atomic E-state index is 11.9. The van der Waals surface area contributed by atoms with Gasteiger partial charge >= 0.3 is 12.0 Å². The number of nitrogens with one attached hydrogen (secondary N) is 1. The zero-order valence-electron chi connectivity index (χ0n) is 10.9. The Hall–Kier alpha value is -1.26. The lowest BCUT2D eigenvalue weighted by Crippen LogP contribution is -2.46. The van der Waals surface area contributed by atoms with Gasteiger partial charge in [-0.25, -0.2) is 4.79 Å². The smallest absolute Gasteiger partial charge is 0.325 e. The highest BCUT2D eigenvalue weighted by molar-refractivity contribution is 5.81. The molecule has 1 fully saturated rings. The number of nitrogens with zero attached hydrogens (tertiary/aromatic N) is 1. The van der Waals surface area contributed by atoms with Crippen LogP contribution in [-0.2, 0) is 9.53 Å². The van der Waals surface area contributed by atoms with E-state index in [9.17, 15) is 9.59 Å². The van der Waals surface area contributed by atoms with Crippen LogP contribution in [0.25, 0.3) is 0 Å². The van der Waals surface area contributed by atoms with Crippen molar-refractivity contribution in [3.8, 4) is 0 Å². The molecule has 0 spiro atoms. The Balaban J connectivity index is 2.33. The largest absolute Gasteiger partial charge is 0.465 e. The molecule has 0 aromatic rings. The van der Waals surface area contributed by atoms with Gasteiger partial charge in [0.25, 0.3) is 0 Å². The normalized spacial score (nSPS) is 14.6. The fraction of sp³-hybridized carbons (Fsp3) is 0.833. The Morgan fingerprint density at radius 3 is 2.53 bits per heavy atom. The van der Waals surface area contributed by atoms with Gasteiger partial charge in [-0.2, -0.15) is 0 Å². The third kappa shape index (κ3) is 5.06. The van der Waals surface area contributed by atoms with Gasteiger partial charge in [0, 0.05) is 12.6 Å². The highest BCUT2D eigenvalue weighted by Crippen LogP contribution is 2.30. The van der Waals surface area contributed by atoms with E-state index < -0.39 is 5.97 Å². The maximum atomic E-state index is 11.9. The van der Waals surface area contributed by atoms with Crippen molar-refractivity contribution in [1.82, 2.24) is 10.2 Å². The fourth-order valence-corrected chi connectivity index (χ4v) is 1.57. The standard InChI is InChI=1S/C12H22N2O3/c1-4-17-11(15)7-13-12(16)14(9(2)3)8-10-5-6-10/h9-10H,4-8H2,1-3H3,(H,13,16). The number of carbonyl (C=O) groups excluding carboxylic acids is 2. The van der Waals surface area contributed by atoms with Gasteiger partial charge in [-0.3, -0.25) is 4.79 Å². The van der Waals surface area contributed by atoms with Crippen LogP contribution in [0.4, 0.5) is 4.79 Å². The first-order chi connectivity index (χ1) is 8.04. The minimum Gasteiger partial charge on any atom is -0.465 e. The van der Waals surface area contributed by atoms with Gasteiger partial charge in [0.15, 0.2) is 0 Å². The zero-order chi connectivity index (χ0) is 12.8. The summed E-state index contributed by atoms with van der Waals surface area (Å²) in [6.07, 6.45) is 2.41. The van der Waals surface area contributed by atoms with Crippen molar-refractivity contribution in [3.63, 3.8) is 0 Å². The molecule has 1 N–H and O–H groups in total. The number of amides is 2. The number of carbonyl (C=O) groups is 2. The Morgan fingerprint density at radius 2 is 2.06 bits per heavy atom. The molecule has 1 saturated carbocycles. The van der Waals surface area contributed by atoms with E-state index >= 15 is 0 Å². The molecule has 0 aromatic carbocycles. The van der Waals surface area contributed by atoms with E-state index in [1.54, 1.807) is 11.8 Å². The van der Waals surface area contributed by atoms with Gasteiger partial charge in [0.2, 0.25) is 0 Å². The summed E-state index contributed by atoms with van der Waals surface area (Å²) in [6.45, 7) is 6.77. The topological polar surface area (TPSA) is 58.6 Å². The molecule has 0 heterocycles. The summed E-state index contributed by atoms with van der Waals surface area (Å²) in [5, 5.41) is 2.59. The third-order valence-corrected chi connectivity index (χ3v) is 2.73. The first-order valence-electron chi connectivity index (χ1n) is 6.24. The number of rotatable bonds is 6. The molecule has 1 aliphatic carbocycles. The number of urea groups is 1. The second-order valence-electron chi connectivity index (χ2n) is 4.65. The lowest BCUT2D eigenvalue weighted by atomic mass is 10.3. The molecule has 0 atom stereocenters. The van der Waals surface area contributed by atoms with Crippen LogP contribution in [0.3, 0.4) is 0 Å². The first kappa shape index (κ1) is 13.8. The monoisotopic (exact) mass is 242 g/mol. The molecule has 98 valence electrons. The molecule has 2 amide bonds. The Kier molecular flexibility index (Phi) is 5.25. The Morgan fingerprint density at radius 1 is 1.41 bits per heavy atom. The quantitative estimate of drug-likeness (QED) is 0.716. The van der Waals surface area contributed by atoms with E-state index in [2.05, 4.69) is 5.32 Å². The van der Waals surface area contributed by atoms with Crippen LogP contribution in [-0.4, -0.2) is 42.6 Å². The van der Waals surface area contributed by atoms with E-state index in [4.69, 9.17) is 4.74 Å². The molecular weight excluding hydrogens is 220 g/mol. The highest BCUT2D eigenvalue weighted by atomic mass is 16.5. The van der Waals surface area contributed by atoms with Crippen molar-refractivity contribution in [2.45, 2.75) is 39.7 Å². The Bertz CT molecular complexity index is 275. The summed E-state index contributed by atoms with van der Waals surface area (Å²) in [5.41, 5.74) is 0. The lowest BCUT2D eigenvalue weighted by molar-refractivity contribution is -0.141. The summed E-state index contributed by atoms with van der Waals surface area (Å²) < 4.78 is 4.75. The van der Waals surface area contributed by atoms with Crippen LogP contribution in [0.1, 0.15) is 33.6 Å². The molecule has 0 saturated heterocycles. The van der Waals surface area contributed by atoms with Crippen LogP contribution in [0.5, 0.6) is 0 Å². The summed E-state index contributed by atoms with van der Waals surface area (Å²) >= 11 is 0. The van der Waals surface area contributed by atoms with Gasteiger partial charge in [-0.15, -0.1) is 0 Å². The molecule has 17 heavy (non-hydrogen) atoms. The molecule has 0 unspecified atom stereocenters. The molecule has 0 radical (unpaired) electrons. The van der Waals surface area contributed by atoms with E-state index in [-0.39, 0.29) is 18.6 Å². The van der Waals surface area contributed by atoms with Crippen LogP contribution in [0.2, 0.25) is 0 Å². The van der Waals surface area contributed by atoms with Crippen molar-refractivity contribution in [2.24, 2.45) is 5.92 Å². The predicted octanol–water partition coefficient (Wildman–Crippen LogP) is 1.38. The van der Waals surface area contributed by atoms with E-state index in [1.165, 1.54) is 12.8 Å². The van der Waals surface area contributed by atoms with Crippen LogP contribution < -0.4 is 5.32 Å². The van der Waals surface area contributed by atoms with Gasteiger partial charge < -0.3 is 15.0 Å². The second kappa shape index (κ2) is 6.47. The van der Waals surface area contributed by atoms with Gasteiger partial charge in [0.1, 0.15) is 6.54 Å². The third-order valence-electron chi connectivity index (χ3n) is 2.73. The van der Waals surface area contributed by atoms with Gasteiger partial charge in [0.05, 0.1) is 6.61 Å². The van der Waals surface area contributed by atoms with E-state index in [1.807, 2.05) is 13.8 Å².